The predicted octanol–water partition coefficient (Wildman–Crippen LogP) is 5.23. The van der Waals surface area contributed by atoms with Crippen molar-refractivity contribution in [2.45, 2.75) is 90.2 Å². The number of nitrogens with two attached hydrogens (primary N) is 1. The molecule has 1 aliphatic carbocycles. The molecule has 0 heterocycles. The van der Waals surface area contributed by atoms with Gasteiger partial charge in [-0.05, 0) is 80.0 Å². The van der Waals surface area contributed by atoms with Gasteiger partial charge in [-0.25, -0.2) is 4.79 Å². The number of hydrogen-bond acceptors (Lipinski definition) is 5. The molecule has 5 N–H and O–H groups in total. The fraction of sp³-hybridized carbons (Fsp3) is 0.545. The highest BCUT2D eigenvalue weighted by Gasteiger charge is 2.29. The van der Waals surface area contributed by atoms with E-state index in [2.05, 4.69) is 17.6 Å². The number of carbonyl (C=O) groups is 3. The standard InChI is InChI=1S/C33H47N3O5/c1-2-3-4-5-6-7-20-35-32(38)30(36-31(37)27-14-8-25(22-34)9-15-27)21-24-12-18-29(19-13-24)41-23-26-10-16-28(17-11-26)33(39)40/h10-13,16-19,25,27,30H,2-9,14-15,20-23,34H2,1H3,(H,35,38)(H,36,37)(H,39,40)/t25?,27?,30-/m0/s1. The molecule has 224 valence electrons. The molecule has 8 heteroatoms. The first kappa shape index (κ1) is 32.1. The summed E-state index contributed by atoms with van der Waals surface area (Å²) in [5, 5.41) is 15.1. The highest BCUT2D eigenvalue weighted by molar-refractivity contribution is 5.89. The van der Waals surface area contributed by atoms with Crippen LogP contribution in [0.25, 0.3) is 0 Å². The van der Waals surface area contributed by atoms with Crippen molar-refractivity contribution in [3.05, 3.63) is 65.2 Å². The Bertz CT molecular complexity index is 1080. The van der Waals surface area contributed by atoms with Gasteiger partial charge in [0.25, 0.3) is 0 Å². The second-order valence-electron chi connectivity index (χ2n) is 11.2. The zero-order valence-corrected chi connectivity index (χ0v) is 24.4. The summed E-state index contributed by atoms with van der Waals surface area (Å²) in [4.78, 5) is 37.4. The molecule has 1 fully saturated rings. The van der Waals surface area contributed by atoms with E-state index in [-0.39, 0.29) is 23.3 Å². The van der Waals surface area contributed by atoms with E-state index >= 15 is 0 Å². The summed E-state index contributed by atoms with van der Waals surface area (Å²) in [5.74, 6) is -0.0764. The second-order valence-corrected chi connectivity index (χ2v) is 11.2. The normalized spacial score (nSPS) is 17.4. The number of benzene rings is 2. The molecule has 1 saturated carbocycles. The minimum Gasteiger partial charge on any atom is -0.489 e. The molecular formula is C33H47N3O5. The van der Waals surface area contributed by atoms with E-state index in [0.29, 0.717) is 37.8 Å². The van der Waals surface area contributed by atoms with Crippen molar-refractivity contribution in [2.75, 3.05) is 13.1 Å². The van der Waals surface area contributed by atoms with Crippen LogP contribution in [-0.4, -0.2) is 42.0 Å². The van der Waals surface area contributed by atoms with Crippen LogP contribution in [0.1, 0.15) is 92.6 Å². The van der Waals surface area contributed by atoms with Crippen LogP contribution in [0.15, 0.2) is 48.5 Å². The zero-order valence-electron chi connectivity index (χ0n) is 24.4. The van der Waals surface area contributed by atoms with Crippen LogP contribution < -0.4 is 21.1 Å². The molecule has 0 saturated heterocycles. The Morgan fingerprint density at radius 3 is 2.17 bits per heavy atom. The van der Waals surface area contributed by atoms with Crippen molar-refractivity contribution < 1.29 is 24.2 Å². The van der Waals surface area contributed by atoms with E-state index in [0.717, 1.165) is 49.7 Å². The minimum absolute atomic E-state index is 0.0472. The van der Waals surface area contributed by atoms with Gasteiger partial charge in [0.05, 0.1) is 5.56 Å². The predicted molar refractivity (Wildman–Crippen MR) is 161 cm³/mol. The minimum atomic E-state index is -0.961. The lowest BCUT2D eigenvalue weighted by atomic mass is 9.81. The Kier molecular flexibility index (Phi) is 13.7. The first-order valence-electron chi connectivity index (χ1n) is 15.2. The lowest BCUT2D eigenvalue weighted by molar-refractivity contribution is -0.131. The maximum atomic E-state index is 13.2. The number of amides is 2. The van der Waals surface area contributed by atoms with E-state index < -0.39 is 12.0 Å². The van der Waals surface area contributed by atoms with E-state index in [1.807, 2.05) is 24.3 Å². The van der Waals surface area contributed by atoms with Gasteiger partial charge in [-0.1, -0.05) is 63.3 Å². The summed E-state index contributed by atoms with van der Waals surface area (Å²) in [6.45, 7) is 3.78. The molecule has 2 aromatic rings. The van der Waals surface area contributed by atoms with Crippen LogP contribution in [0, 0.1) is 11.8 Å². The number of carboxylic acids is 1. The SMILES string of the molecule is CCCCCCCCNC(=O)[C@H](Cc1ccc(OCc2ccc(C(=O)O)cc2)cc1)NC(=O)C1CCC(CN)CC1. The van der Waals surface area contributed by atoms with Gasteiger partial charge in [-0.3, -0.25) is 9.59 Å². The summed E-state index contributed by atoms with van der Waals surface area (Å²) in [6, 6.07) is 13.5. The lowest BCUT2D eigenvalue weighted by Gasteiger charge is -2.28. The molecule has 3 rings (SSSR count). The summed E-state index contributed by atoms with van der Waals surface area (Å²) >= 11 is 0. The van der Waals surface area contributed by atoms with Gasteiger partial charge in [-0.15, -0.1) is 0 Å². The Balaban J connectivity index is 1.55. The molecular weight excluding hydrogens is 518 g/mol. The molecule has 2 aromatic carbocycles. The van der Waals surface area contributed by atoms with Crippen molar-refractivity contribution in [3.63, 3.8) is 0 Å². The number of aromatic carboxylic acids is 1. The lowest BCUT2D eigenvalue weighted by Crippen LogP contribution is -2.50. The molecule has 1 aliphatic rings. The van der Waals surface area contributed by atoms with E-state index in [4.69, 9.17) is 15.6 Å². The van der Waals surface area contributed by atoms with Gasteiger partial charge >= 0.3 is 5.97 Å². The number of ether oxygens (including phenoxy) is 1. The van der Waals surface area contributed by atoms with Crippen molar-refractivity contribution in [2.24, 2.45) is 17.6 Å². The third kappa shape index (κ3) is 11.2. The van der Waals surface area contributed by atoms with Crippen LogP contribution in [-0.2, 0) is 22.6 Å². The fourth-order valence-electron chi connectivity index (χ4n) is 5.27. The smallest absolute Gasteiger partial charge is 0.335 e. The van der Waals surface area contributed by atoms with E-state index in [1.165, 1.54) is 25.7 Å². The van der Waals surface area contributed by atoms with Gasteiger partial charge in [-0.2, -0.15) is 0 Å². The van der Waals surface area contributed by atoms with Crippen molar-refractivity contribution in [1.82, 2.24) is 10.6 Å². The first-order chi connectivity index (χ1) is 19.9. The first-order valence-corrected chi connectivity index (χ1v) is 15.2. The summed E-state index contributed by atoms with van der Waals surface area (Å²) < 4.78 is 5.86. The number of carboxylic acid groups (broad SMARTS) is 1. The summed E-state index contributed by atoms with van der Waals surface area (Å²) in [7, 11) is 0. The van der Waals surface area contributed by atoms with Crippen LogP contribution in [0.4, 0.5) is 0 Å². The van der Waals surface area contributed by atoms with Crippen molar-refractivity contribution in [3.8, 4) is 5.75 Å². The zero-order chi connectivity index (χ0) is 29.5. The highest BCUT2D eigenvalue weighted by atomic mass is 16.5. The largest absolute Gasteiger partial charge is 0.489 e. The van der Waals surface area contributed by atoms with Crippen molar-refractivity contribution in [1.29, 1.82) is 0 Å². The average Bonchev–Trinajstić information content (AvgIpc) is 3.00. The Morgan fingerprint density at radius 2 is 1.54 bits per heavy atom. The Hall–Kier alpha value is -3.39. The third-order valence-corrected chi connectivity index (χ3v) is 7.98. The van der Waals surface area contributed by atoms with E-state index in [1.54, 1.807) is 24.3 Å². The molecule has 8 nitrogen and oxygen atoms in total. The average molecular weight is 566 g/mol. The summed E-state index contributed by atoms with van der Waals surface area (Å²) in [6.07, 6.45) is 10.8. The molecule has 0 aliphatic heterocycles. The molecule has 0 radical (unpaired) electrons. The monoisotopic (exact) mass is 565 g/mol. The van der Waals surface area contributed by atoms with Gasteiger partial charge in [0.2, 0.25) is 11.8 Å². The molecule has 0 bridgehead atoms. The third-order valence-electron chi connectivity index (χ3n) is 7.98. The highest BCUT2D eigenvalue weighted by Crippen LogP contribution is 2.28. The van der Waals surface area contributed by atoms with Crippen molar-refractivity contribution >= 4 is 17.8 Å². The van der Waals surface area contributed by atoms with Gasteiger partial charge < -0.3 is 26.2 Å². The topological polar surface area (TPSA) is 131 Å². The molecule has 1 atom stereocenters. The number of nitrogens with one attached hydrogen (secondary N) is 2. The van der Waals surface area contributed by atoms with Gasteiger partial charge in [0.15, 0.2) is 0 Å². The number of hydrogen-bond donors (Lipinski definition) is 4. The van der Waals surface area contributed by atoms with Crippen LogP contribution in [0.5, 0.6) is 5.75 Å². The number of unbranched alkanes of at least 4 members (excludes halogenated alkanes) is 5. The molecule has 0 spiro atoms. The molecule has 0 aromatic heterocycles. The quantitative estimate of drug-likeness (QED) is 0.194. The van der Waals surface area contributed by atoms with Gasteiger partial charge in [0, 0.05) is 18.9 Å². The number of rotatable bonds is 17. The van der Waals surface area contributed by atoms with Crippen LogP contribution >= 0.6 is 0 Å². The maximum absolute atomic E-state index is 13.2. The van der Waals surface area contributed by atoms with Crippen LogP contribution in [0.3, 0.4) is 0 Å². The van der Waals surface area contributed by atoms with Crippen LogP contribution in [0.2, 0.25) is 0 Å². The fourth-order valence-corrected chi connectivity index (χ4v) is 5.27. The summed E-state index contributed by atoms with van der Waals surface area (Å²) in [5.41, 5.74) is 7.84. The maximum Gasteiger partial charge on any atom is 0.335 e. The molecule has 0 unspecified atom stereocenters. The molecule has 41 heavy (non-hydrogen) atoms. The number of carbonyl (C=O) groups excluding carboxylic acids is 2. The Morgan fingerprint density at radius 1 is 0.902 bits per heavy atom. The second kappa shape index (κ2) is 17.4. The Labute approximate surface area is 244 Å². The van der Waals surface area contributed by atoms with E-state index in [9.17, 15) is 14.4 Å². The molecule has 2 amide bonds. The van der Waals surface area contributed by atoms with Gasteiger partial charge in [0.1, 0.15) is 18.4 Å².